The van der Waals surface area contributed by atoms with Crippen molar-refractivity contribution in [2.45, 2.75) is 31.2 Å². The van der Waals surface area contributed by atoms with Crippen LogP contribution in [0.25, 0.3) is 0 Å². The first-order chi connectivity index (χ1) is 11.5. The van der Waals surface area contributed by atoms with E-state index in [1.54, 1.807) is 30.0 Å². The van der Waals surface area contributed by atoms with Crippen molar-refractivity contribution < 1.29 is 17.6 Å². The van der Waals surface area contributed by atoms with Crippen molar-refractivity contribution in [3.05, 3.63) is 53.5 Å². The average Bonchev–Trinajstić information content (AvgIpc) is 2.97. The summed E-state index contributed by atoms with van der Waals surface area (Å²) in [5.41, 5.74) is 2.86. The quantitative estimate of drug-likeness (QED) is 0.912. The summed E-state index contributed by atoms with van der Waals surface area (Å²) < 4.78 is 32.4. The zero-order chi connectivity index (χ0) is 17.2. The predicted octanol–water partition coefficient (Wildman–Crippen LogP) is 1.71. The van der Waals surface area contributed by atoms with Gasteiger partial charge in [0.2, 0.25) is 15.9 Å². The maximum atomic E-state index is 12.5. The number of nitrogens with zero attached hydrogens (tertiary/aromatic N) is 1. The molecule has 1 amide bonds. The second-order valence-corrected chi connectivity index (χ2v) is 7.66. The summed E-state index contributed by atoms with van der Waals surface area (Å²) in [5, 5.41) is 0. The Hall–Kier alpha value is -2.12. The number of sulfonamides is 1. The number of amides is 1. The highest BCUT2D eigenvalue weighted by molar-refractivity contribution is 7.89. The molecule has 7 heteroatoms. The molecule has 128 valence electrons. The molecule has 6 nitrogen and oxygen atoms in total. The van der Waals surface area contributed by atoms with Gasteiger partial charge in [0.05, 0.1) is 17.4 Å². The number of nitrogens with one attached hydrogen (secondary N) is 1. The fraction of sp³-hybridized carbons (Fsp3) is 0.353. The number of fused-ring (bicyclic) bond motifs is 1. The highest BCUT2D eigenvalue weighted by Gasteiger charge is 2.19. The minimum atomic E-state index is -3.58. The van der Waals surface area contributed by atoms with Gasteiger partial charge in [-0.1, -0.05) is 6.07 Å². The highest BCUT2D eigenvalue weighted by Crippen LogP contribution is 2.21. The minimum absolute atomic E-state index is 0.0532. The van der Waals surface area contributed by atoms with Crippen molar-refractivity contribution in [3.63, 3.8) is 0 Å². The van der Waals surface area contributed by atoms with Crippen LogP contribution in [-0.2, 0) is 34.2 Å². The molecule has 1 aliphatic heterocycles. The lowest BCUT2D eigenvalue weighted by molar-refractivity contribution is -0.128. The standard InChI is InChI=1S/C17H20N2O4S/c1-13(20)19-7-4-15-2-3-17(10-16(15)5-8-19)24(21,22)18-11-14-6-9-23-12-14/h2-3,6,9-10,12,18H,4-5,7-8,11H2,1H3. The van der Waals surface area contributed by atoms with Gasteiger partial charge in [-0.2, -0.15) is 0 Å². The molecular weight excluding hydrogens is 328 g/mol. The summed E-state index contributed by atoms with van der Waals surface area (Å²) in [6.07, 6.45) is 4.43. The van der Waals surface area contributed by atoms with E-state index in [1.807, 2.05) is 6.07 Å². The van der Waals surface area contributed by atoms with Gasteiger partial charge in [0.1, 0.15) is 0 Å². The maximum absolute atomic E-state index is 12.5. The summed E-state index contributed by atoms with van der Waals surface area (Å²) in [4.78, 5) is 13.6. The first kappa shape index (κ1) is 16.7. The monoisotopic (exact) mass is 348 g/mol. The minimum Gasteiger partial charge on any atom is -0.472 e. The van der Waals surface area contributed by atoms with Crippen molar-refractivity contribution in [1.82, 2.24) is 9.62 Å². The summed E-state index contributed by atoms with van der Waals surface area (Å²) in [5.74, 6) is 0.0532. The van der Waals surface area contributed by atoms with Crippen LogP contribution in [0.3, 0.4) is 0 Å². The number of benzene rings is 1. The molecule has 1 N–H and O–H groups in total. The number of hydrogen-bond acceptors (Lipinski definition) is 4. The van der Waals surface area contributed by atoms with Crippen LogP contribution in [0, 0.1) is 0 Å². The van der Waals surface area contributed by atoms with Crippen LogP contribution >= 0.6 is 0 Å². The Labute approximate surface area is 141 Å². The van der Waals surface area contributed by atoms with Crippen LogP contribution in [-0.4, -0.2) is 32.3 Å². The van der Waals surface area contributed by atoms with Gasteiger partial charge in [0.25, 0.3) is 0 Å². The first-order valence-electron chi connectivity index (χ1n) is 7.84. The van der Waals surface area contributed by atoms with E-state index in [9.17, 15) is 13.2 Å². The predicted molar refractivity (Wildman–Crippen MR) is 88.8 cm³/mol. The molecule has 1 aliphatic rings. The van der Waals surface area contributed by atoms with Gasteiger partial charge >= 0.3 is 0 Å². The van der Waals surface area contributed by atoms with Crippen molar-refractivity contribution in [2.24, 2.45) is 0 Å². The van der Waals surface area contributed by atoms with Gasteiger partial charge in [-0.15, -0.1) is 0 Å². The first-order valence-corrected chi connectivity index (χ1v) is 9.32. The Morgan fingerprint density at radius 3 is 2.62 bits per heavy atom. The molecule has 2 aromatic rings. The third-order valence-corrected chi connectivity index (χ3v) is 5.68. The Balaban J connectivity index is 1.77. The fourth-order valence-corrected chi connectivity index (χ4v) is 3.91. The Kier molecular flexibility index (Phi) is 4.73. The van der Waals surface area contributed by atoms with Crippen LogP contribution in [0.15, 0.2) is 46.1 Å². The summed E-state index contributed by atoms with van der Waals surface area (Å²) in [7, 11) is -3.58. The van der Waals surface area contributed by atoms with Gasteiger partial charge in [0, 0.05) is 32.1 Å². The molecular formula is C17H20N2O4S. The molecule has 0 saturated carbocycles. The van der Waals surface area contributed by atoms with Gasteiger partial charge in [-0.3, -0.25) is 4.79 Å². The lowest BCUT2D eigenvalue weighted by atomic mass is 10.0. The lowest BCUT2D eigenvalue weighted by Crippen LogP contribution is -2.30. The van der Waals surface area contributed by atoms with E-state index in [4.69, 9.17) is 4.42 Å². The largest absolute Gasteiger partial charge is 0.472 e. The summed E-state index contributed by atoms with van der Waals surface area (Å²) >= 11 is 0. The molecule has 2 heterocycles. The maximum Gasteiger partial charge on any atom is 0.240 e. The summed E-state index contributed by atoms with van der Waals surface area (Å²) in [6.45, 7) is 3.04. The van der Waals surface area contributed by atoms with Gasteiger partial charge in [-0.05, 0) is 42.2 Å². The zero-order valence-corrected chi connectivity index (χ0v) is 14.3. The van der Waals surface area contributed by atoms with Crippen molar-refractivity contribution in [1.29, 1.82) is 0 Å². The van der Waals surface area contributed by atoms with Crippen LogP contribution < -0.4 is 4.72 Å². The normalized spacial score (nSPS) is 15.0. The molecule has 24 heavy (non-hydrogen) atoms. The molecule has 0 unspecified atom stereocenters. The smallest absolute Gasteiger partial charge is 0.240 e. The molecule has 0 fully saturated rings. The van der Waals surface area contributed by atoms with E-state index in [0.29, 0.717) is 19.5 Å². The highest BCUT2D eigenvalue weighted by atomic mass is 32.2. The topological polar surface area (TPSA) is 79.6 Å². The number of rotatable bonds is 4. The molecule has 3 rings (SSSR count). The Bertz CT molecular complexity index is 828. The van der Waals surface area contributed by atoms with E-state index in [-0.39, 0.29) is 17.3 Å². The van der Waals surface area contributed by atoms with E-state index in [2.05, 4.69) is 4.72 Å². The zero-order valence-electron chi connectivity index (χ0n) is 13.5. The van der Waals surface area contributed by atoms with Crippen LogP contribution in [0.4, 0.5) is 0 Å². The van der Waals surface area contributed by atoms with E-state index in [1.165, 1.54) is 12.5 Å². The van der Waals surface area contributed by atoms with Gasteiger partial charge < -0.3 is 9.32 Å². The second kappa shape index (κ2) is 6.78. The SMILES string of the molecule is CC(=O)N1CCc2ccc(S(=O)(=O)NCc3ccoc3)cc2CC1. The Morgan fingerprint density at radius 2 is 1.96 bits per heavy atom. The molecule has 0 saturated heterocycles. The Morgan fingerprint density at radius 1 is 1.21 bits per heavy atom. The number of carbonyl (C=O) groups excluding carboxylic acids is 1. The van der Waals surface area contributed by atoms with Crippen molar-refractivity contribution >= 4 is 15.9 Å². The van der Waals surface area contributed by atoms with Gasteiger partial charge in [-0.25, -0.2) is 13.1 Å². The van der Waals surface area contributed by atoms with Crippen LogP contribution in [0.5, 0.6) is 0 Å². The second-order valence-electron chi connectivity index (χ2n) is 5.89. The van der Waals surface area contributed by atoms with E-state index >= 15 is 0 Å². The molecule has 0 radical (unpaired) electrons. The fourth-order valence-electron chi connectivity index (χ4n) is 2.84. The molecule has 0 bridgehead atoms. The van der Waals surface area contributed by atoms with Crippen molar-refractivity contribution in [2.75, 3.05) is 13.1 Å². The molecule has 0 atom stereocenters. The third kappa shape index (κ3) is 3.68. The number of hydrogen-bond donors (Lipinski definition) is 1. The average molecular weight is 348 g/mol. The van der Waals surface area contributed by atoms with E-state index in [0.717, 1.165) is 23.1 Å². The summed E-state index contributed by atoms with van der Waals surface area (Å²) in [6, 6.07) is 6.91. The molecule has 1 aromatic heterocycles. The third-order valence-electron chi connectivity index (χ3n) is 4.28. The van der Waals surface area contributed by atoms with E-state index < -0.39 is 10.0 Å². The molecule has 0 aliphatic carbocycles. The van der Waals surface area contributed by atoms with Gasteiger partial charge in [0.15, 0.2) is 0 Å². The molecule has 0 spiro atoms. The van der Waals surface area contributed by atoms with Crippen LogP contribution in [0.1, 0.15) is 23.6 Å². The number of furan rings is 1. The lowest BCUT2D eigenvalue weighted by Gasteiger charge is -2.17. The van der Waals surface area contributed by atoms with Crippen molar-refractivity contribution in [3.8, 4) is 0 Å². The molecule has 1 aromatic carbocycles. The van der Waals surface area contributed by atoms with Crippen LogP contribution in [0.2, 0.25) is 0 Å². The number of carbonyl (C=O) groups is 1.